The molecule has 0 radical (unpaired) electrons. The number of amides is 2. The van der Waals surface area contributed by atoms with Gasteiger partial charge in [-0.1, -0.05) is 56.9 Å². The molecule has 1 rings (SSSR count). The first-order chi connectivity index (χ1) is 14.3. The van der Waals surface area contributed by atoms with Crippen molar-refractivity contribution in [1.29, 1.82) is 0 Å². The van der Waals surface area contributed by atoms with Gasteiger partial charge in [0.15, 0.2) is 0 Å². The van der Waals surface area contributed by atoms with Gasteiger partial charge in [0.1, 0.15) is 6.10 Å². The second kappa shape index (κ2) is 14.8. The molecule has 0 aromatic rings. The van der Waals surface area contributed by atoms with E-state index in [1.807, 2.05) is 4.90 Å². The van der Waals surface area contributed by atoms with E-state index in [1.54, 1.807) is 6.92 Å². The Balaban J connectivity index is 2.47. The smallest absolute Gasteiger partial charge is 0.302 e. The third kappa shape index (κ3) is 10.6. The maximum absolute atomic E-state index is 12.2. The van der Waals surface area contributed by atoms with Crippen LogP contribution in [0, 0.1) is 0 Å². The second-order valence-electron chi connectivity index (χ2n) is 8.15. The number of piperidine rings is 1. The molecule has 0 saturated carbocycles. The van der Waals surface area contributed by atoms with Crippen molar-refractivity contribution < 1.29 is 19.1 Å². The summed E-state index contributed by atoms with van der Waals surface area (Å²) in [6.07, 6.45) is 17.6. The fraction of sp³-hybridized carbons (Fsp3) is 0.708. The van der Waals surface area contributed by atoms with Crippen LogP contribution in [0.15, 0.2) is 24.3 Å². The summed E-state index contributed by atoms with van der Waals surface area (Å²) in [4.78, 5) is 37.0. The second-order valence-corrected chi connectivity index (χ2v) is 8.15. The summed E-state index contributed by atoms with van der Waals surface area (Å²) in [7, 11) is 0. The third-order valence-electron chi connectivity index (χ3n) is 5.41. The van der Waals surface area contributed by atoms with Crippen LogP contribution in [0.5, 0.6) is 0 Å². The molecule has 30 heavy (non-hydrogen) atoms. The number of carbonyl (C=O) groups is 3. The first kappa shape index (κ1) is 25.9. The van der Waals surface area contributed by atoms with Crippen LogP contribution in [0.2, 0.25) is 0 Å². The van der Waals surface area contributed by atoms with Crippen LogP contribution in [-0.4, -0.2) is 47.4 Å². The molecule has 1 aliphatic rings. The predicted molar refractivity (Wildman–Crippen MR) is 120 cm³/mol. The molecule has 1 N–H and O–H groups in total. The number of unbranched alkanes of at least 4 members (excludes halogenated alkanes) is 5. The van der Waals surface area contributed by atoms with Crippen LogP contribution >= 0.6 is 0 Å². The molecule has 0 bridgehead atoms. The topological polar surface area (TPSA) is 75.7 Å². The summed E-state index contributed by atoms with van der Waals surface area (Å²) in [5, 5.41) is 2.83. The van der Waals surface area contributed by atoms with E-state index in [4.69, 9.17) is 4.74 Å². The minimum Gasteiger partial charge on any atom is -0.460 e. The number of carbonyl (C=O) groups excluding carboxylic acids is 3. The van der Waals surface area contributed by atoms with Crippen molar-refractivity contribution in [3.05, 3.63) is 24.3 Å². The van der Waals surface area contributed by atoms with E-state index in [-0.39, 0.29) is 29.9 Å². The molecule has 1 saturated heterocycles. The van der Waals surface area contributed by atoms with Crippen molar-refractivity contribution in [2.45, 2.75) is 104 Å². The van der Waals surface area contributed by atoms with Crippen LogP contribution in [-0.2, 0) is 19.1 Å². The van der Waals surface area contributed by atoms with Crippen LogP contribution in [0.3, 0.4) is 0 Å². The molecule has 0 spiro atoms. The van der Waals surface area contributed by atoms with Gasteiger partial charge in [0.25, 0.3) is 0 Å². The molecule has 0 unspecified atom stereocenters. The number of esters is 1. The average molecular weight is 421 g/mol. The van der Waals surface area contributed by atoms with Gasteiger partial charge in [-0.05, 0) is 25.7 Å². The summed E-state index contributed by atoms with van der Waals surface area (Å²) in [5.41, 5.74) is 0. The highest BCUT2D eigenvalue weighted by Gasteiger charge is 2.38. The molecule has 170 valence electrons. The number of likely N-dealkylation sites (tertiary alicyclic amines) is 1. The fourth-order valence-electron chi connectivity index (χ4n) is 3.93. The average Bonchev–Trinajstić information content (AvgIpc) is 2.66. The van der Waals surface area contributed by atoms with Gasteiger partial charge in [-0.15, -0.1) is 0 Å². The third-order valence-corrected chi connectivity index (χ3v) is 5.41. The summed E-state index contributed by atoms with van der Waals surface area (Å²) in [6.45, 7) is 6.95. The lowest BCUT2D eigenvalue weighted by atomic mass is 9.91. The van der Waals surface area contributed by atoms with Gasteiger partial charge in [-0.2, -0.15) is 0 Å². The first-order valence-corrected chi connectivity index (χ1v) is 11.4. The van der Waals surface area contributed by atoms with E-state index in [9.17, 15) is 14.4 Å². The van der Waals surface area contributed by atoms with Gasteiger partial charge in [-0.3, -0.25) is 14.4 Å². The Labute approximate surface area is 182 Å². The van der Waals surface area contributed by atoms with Crippen molar-refractivity contribution in [3.63, 3.8) is 0 Å². The van der Waals surface area contributed by atoms with E-state index in [0.717, 1.165) is 38.5 Å². The normalized spacial score (nSPS) is 21.9. The minimum absolute atomic E-state index is 0.00517. The molecular weight excluding hydrogens is 380 g/mol. The van der Waals surface area contributed by atoms with E-state index < -0.39 is 6.10 Å². The summed E-state index contributed by atoms with van der Waals surface area (Å²) >= 11 is 0. The largest absolute Gasteiger partial charge is 0.460 e. The van der Waals surface area contributed by atoms with Gasteiger partial charge >= 0.3 is 5.97 Å². The molecule has 0 aromatic heterocycles. The van der Waals surface area contributed by atoms with Crippen LogP contribution in [0.25, 0.3) is 0 Å². The van der Waals surface area contributed by atoms with Crippen LogP contribution in [0.1, 0.15) is 85.5 Å². The van der Waals surface area contributed by atoms with Gasteiger partial charge in [0.2, 0.25) is 11.8 Å². The molecule has 6 nitrogen and oxygen atoms in total. The van der Waals surface area contributed by atoms with Crippen LogP contribution < -0.4 is 5.32 Å². The number of allylic oxidation sites excluding steroid dienone is 4. The number of nitrogens with zero attached hydrogens (tertiary/aromatic N) is 1. The van der Waals surface area contributed by atoms with E-state index >= 15 is 0 Å². The van der Waals surface area contributed by atoms with Gasteiger partial charge in [0, 0.05) is 39.8 Å². The Bertz CT molecular complexity index is 600. The van der Waals surface area contributed by atoms with Crippen molar-refractivity contribution in [2.75, 3.05) is 6.54 Å². The Hall–Kier alpha value is -2.11. The highest BCUT2D eigenvalue weighted by atomic mass is 16.5. The monoisotopic (exact) mass is 420 g/mol. The lowest BCUT2D eigenvalue weighted by molar-refractivity contribution is -0.155. The molecule has 0 aliphatic carbocycles. The molecule has 1 aliphatic heterocycles. The molecule has 3 atom stereocenters. The summed E-state index contributed by atoms with van der Waals surface area (Å²) in [5.74, 6) is -0.553. The van der Waals surface area contributed by atoms with E-state index in [2.05, 4.69) is 36.5 Å². The standard InChI is InChI=1S/C24H40N2O4/c1-5-6-7-8-9-10-11-12-13-14-15-16-22-17-24(30-21(4)29)23(25-19(2)27)18-26(22)20(3)28/h8-11,22-24H,5-7,12-18H2,1-4H3,(H,25,27)/b9-8+,11-10-/t22-,23+,24-/m1/s1. The van der Waals surface area contributed by atoms with Crippen molar-refractivity contribution in [1.82, 2.24) is 10.2 Å². The minimum atomic E-state index is -0.394. The number of rotatable bonds is 12. The molecule has 2 amide bonds. The maximum atomic E-state index is 12.2. The Morgan fingerprint density at radius 1 is 1.00 bits per heavy atom. The molecule has 6 heteroatoms. The van der Waals surface area contributed by atoms with Crippen molar-refractivity contribution >= 4 is 17.8 Å². The Morgan fingerprint density at radius 3 is 2.23 bits per heavy atom. The van der Waals surface area contributed by atoms with Gasteiger partial charge in [-0.25, -0.2) is 0 Å². The quantitative estimate of drug-likeness (QED) is 0.290. The number of hydrogen-bond donors (Lipinski definition) is 1. The van der Waals surface area contributed by atoms with E-state index in [0.29, 0.717) is 13.0 Å². The fourth-order valence-corrected chi connectivity index (χ4v) is 3.93. The Kier molecular flexibility index (Phi) is 12.8. The first-order valence-electron chi connectivity index (χ1n) is 11.4. The SMILES string of the molecule is CCCC/C=C/C=C\CCCCC[C@@H]1C[C@@H](OC(C)=O)[C@@H](NC(C)=O)CN1C(C)=O. The molecule has 1 heterocycles. The van der Waals surface area contributed by atoms with Gasteiger partial charge < -0.3 is 15.0 Å². The lowest BCUT2D eigenvalue weighted by Gasteiger charge is -2.43. The summed E-state index contributed by atoms with van der Waals surface area (Å²) in [6, 6.07) is -0.323. The summed E-state index contributed by atoms with van der Waals surface area (Å²) < 4.78 is 5.46. The zero-order valence-electron chi connectivity index (χ0n) is 19.2. The van der Waals surface area contributed by atoms with Crippen LogP contribution in [0.4, 0.5) is 0 Å². The zero-order valence-corrected chi connectivity index (χ0v) is 19.2. The number of hydrogen-bond acceptors (Lipinski definition) is 4. The highest BCUT2D eigenvalue weighted by molar-refractivity contribution is 5.75. The number of ether oxygens (including phenoxy) is 1. The number of nitrogens with one attached hydrogen (secondary N) is 1. The highest BCUT2D eigenvalue weighted by Crippen LogP contribution is 2.25. The zero-order chi connectivity index (χ0) is 22.4. The molecule has 1 fully saturated rings. The van der Waals surface area contributed by atoms with Crippen molar-refractivity contribution in [2.24, 2.45) is 0 Å². The molecule has 0 aromatic carbocycles. The Morgan fingerprint density at radius 2 is 1.67 bits per heavy atom. The van der Waals surface area contributed by atoms with Gasteiger partial charge in [0.05, 0.1) is 6.04 Å². The van der Waals surface area contributed by atoms with Crippen molar-refractivity contribution in [3.8, 4) is 0 Å². The van der Waals surface area contributed by atoms with E-state index in [1.165, 1.54) is 26.7 Å². The lowest BCUT2D eigenvalue weighted by Crippen LogP contribution is -2.60. The predicted octanol–water partition coefficient (Wildman–Crippen LogP) is 4.30. The molecular formula is C24H40N2O4. The maximum Gasteiger partial charge on any atom is 0.302 e.